The van der Waals surface area contributed by atoms with Gasteiger partial charge in [0.15, 0.2) is 22.3 Å². The molecule has 2 aromatic heterocycles. The third-order valence-corrected chi connectivity index (χ3v) is 11.6. The number of anilines is 1. The number of nitrogens with two attached hydrogens (primary N) is 1. The number of hydrogen-bond acceptors (Lipinski definition) is 19. The summed E-state index contributed by atoms with van der Waals surface area (Å²) in [5.41, 5.74) is 2.27. The predicted molar refractivity (Wildman–Crippen MR) is 183 cm³/mol. The van der Waals surface area contributed by atoms with Crippen molar-refractivity contribution in [2.45, 2.75) is 63.8 Å². The zero-order chi connectivity index (χ0) is 40.7. The van der Waals surface area contributed by atoms with E-state index in [1.54, 1.807) is 0 Å². The predicted octanol–water partition coefficient (Wildman–Crippen LogP) is -1.78. The van der Waals surface area contributed by atoms with Gasteiger partial charge in [-0.1, -0.05) is 25.6 Å². The van der Waals surface area contributed by atoms with Crippen molar-refractivity contribution in [2.75, 3.05) is 44.4 Å². The van der Waals surface area contributed by atoms with Crippen LogP contribution in [-0.4, -0.2) is 134 Å². The number of aliphatic hydroxyl groups is 3. The summed E-state index contributed by atoms with van der Waals surface area (Å²) in [7, 11) is -16.5. The van der Waals surface area contributed by atoms with Crippen LogP contribution in [0.5, 0.6) is 0 Å². The van der Waals surface area contributed by atoms with Crippen LogP contribution in [-0.2, 0) is 56.4 Å². The van der Waals surface area contributed by atoms with Crippen LogP contribution in [0.4, 0.5) is 5.82 Å². The molecule has 1 saturated heterocycles. The number of nitrogens with one attached hydrogen (secondary N) is 2. The van der Waals surface area contributed by atoms with Gasteiger partial charge in [-0.25, -0.2) is 28.6 Å². The van der Waals surface area contributed by atoms with Gasteiger partial charge >= 0.3 is 23.5 Å². The summed E-state index contributed by atoms with van der Waals surface area (Å²) in [5.74, 6) is -1.25. The lowest BCUT2D eigenvalue weighted by atomic mass is 9.87. The molecule has 1 fully saturated rings. The minimum atomic E-state index is -5.59. The van der Waals surface area contributed by atoms with Crippen molar-refractivity contribution >= 4 is 69.1 Å². The summed E-state index contributed by atoms with van der Waals surface area (Å²) in [5, 5.41) is 34.9. The van der Waals surface area contributed by atoms with Crippen molar-refractivity contribution in [1.29, 1.82) is 0 Å². The average molecular weight is 854 g/mol. The maximum Gasteiger partial charge on any atom is 0.481 e. The number of phosphoric acid groups is 3. The van der Waals surface area contributed by atoms with Gasteiger partial charge in [0.05, 0.1) is 26.1 Å². The number of phosphoric ester groups is 3. The van der Waals surface area contributed by atoms with Crippen molar-refractivity contribution in [2.24, 2.45) is 5.41 Å². The molecule has 0 bridgehead atoms. The Balaban J connectivity index is 1.55. The molecule has 1 aliphatic heterocycles. The van der Waals surface area contributed by atoms with E-state index < -0.39 is 84.1 Å². The van der Waals surface area contributed by atoms with E-state index in [0.29, 0.717) is 0 Å². The fourth-order valence-electron chi connectivity index (χ4n) is 4.77. The first-order chi connectivity index (χ1) is 24.9. The van der Waals surface area contributed by atoms with E-state index in [-0.39, 0.29) is 60.4 Å². The molecule has 0 radical (unpaired) electrons. The van der Waals surface area contributed by atoms with E-state index in [1.807, 2.05) is 0 Å². The van der Waals surface area contributed by atoms with Crippen LogP contribution < -0.4 is 16.4 Å². The first kappa shape index (κ1) is 45.9. The Morgan fingerprint density at radius 2 is 1.74 bits per heavy atom. The Morgan fingerprint density at radius 3 is 2.39 bits per heavy atom. The van der Waals surface area contributed by atoms with Gasteiger partial charge in [-0.2, -0.15) is 4.31 Å². The Kier molecular flexibility index (Phi) is 15.8. The van der Waals surface area contributed by atoms with E-state index in [0.717, 1.165) is 29.0 Å². The van der Waals surface area contributed by atoms with Gasteiger partial charge in [-0.3, -0.25) is 32.5 Å². The number of imidazole rings is 1. The van der Waals surface area contributed by atoms with Gasteiger partial charge in [0.25, 0.3) is 0 Å². The Labute approximate surface area is 310 Å². The zero-order valence-corrected chi connectivity index (χ0v) is 32.4. The molecule has 7 unspecified atom stereocenters. The second-order valence-electron chi connectivity index (χ2n) is 12.3. The van der Waals surface area contributed by atoms with Gasteiger partial charge in [0.2, 0.25) is 11.8 Å². The second kappa shape index (κ2) is 18.6. The molecule has 7 atom stereocenters. The van der Waals surface area contributed by atoms with E-state index in [1.165, 1.54) is 20.8 Å². The fourth-order valence-corrected chi connectivity index (χ4v) is 8.26. The molecule has 2 amide bonds. The molecule has 3 heterocycles. The summed E-state index contributed by atoms with van der Waals surface area (Å²) < 4.78 is 62.5. The molecule has 0 aromatic carbocycles. The third-order valence-electron chi connectivity index (χ3n) is 7.57. The first-order valence-corrected chi connectivity index (χ1v) is 21.1. The third kappa shape index (κ3) is 12.8. The SMILES string of the molecule is CC(C)(COP(=O)(O)OP(=O)(O)OCC1OC(C)(n2cnc3c(N)ncnc32)C(O)C1OP(=O)(O)O)C(O)C(=O)NCCC(=O)NCCSC(=O)CCO. The fraction of sp³-hybridized carbons (Fsp3) is 0.680. The number of ether oxygens (including phenoxy) is 1. The van der Waals surface area contributed by atoms with Crippen LogP contribution in [0.25, 0.3) is 11.2 Å². The number of thioether (sulfide) groups is 1. The Morgan fingerprint density at radius 1 is 1.07 bits per heavy atom. The number of hydrogen-bond donors (Lipinski definition) is 10. The van der Waals surface area contributed by atoms with Crippen LogP contribution in [0.1, 0.15) is 33.6 Å². The number of nitrogen functional groups attached to an aromatic ring is 1. The number of fused-ring (bicyclic) bond motifs is 1. The number of aromatic nitrogens is 4. The van der Waals surface area contributed by atoms with Gasteiger partial charge in [-0.15, -0.1) is 0 Å². The lowest BCUT2D eigenvalue weighted by Gasteiger charge is -2.30. The summed E-state index contributed by atoms with van der Waals surface area (Å²) in [6.45, 7) is 1.31. The molecule has 0 saturated carbocycles. The molecular weight excluding hydrogens is 811 g/mol. The number of aliphatic hydroxyl groups excluding tert-OH is 3. The van der Waals surface area contributed by atoms with Crippen molar-refractivity contribution in [3.05, 3.63) is 12.7 Å². The lowest BCUT2D eigenvalue weighted by molar-refractivity contribution is -0.137. The van der Waals surface area contributed by atoms with Crippen molar-refractivity contribution in [3.8, 4) is 0 Å². The number of rotatable bonds is 21. The summed E-state index contributed by atoms with van der Waals surface area (Å²) in [6, 6.07) is 0. The molecule has 29 heteroatoms. The smallest absolute Gasteiger partial charge is 0.396 e. The lowest BCUT2D eigenvalue weighted by Crippen LogP contribution is -2.46. The quantitative estimate of drug-likeness (QED) is 0.0490. The molecular formula is C25H42N7O18P3S. The largest absolute Gasteiger partial charge is 0.481 e. The van der Waals surface area contributed by atoms with Gasteiger partial charge in [0, 0.05) is 37.1 Å². The number of amides is 2. The Bertz CT molecular complexity index is 1800. The highest BCUT2D eigenvalue weighted by Crippen LogP contribution is 2.61. The maximum absolute atomic E-state index is 12.7. The van der Waals surface area contributed by atoms with E-state index in [9.17, 15) is 57.9 Å². The van der Waals surface area contributed by atoms with Crippen LogP contribution in [0.15, 0.2) is 12.7 Å². The van der Waals surface area contributed by atoms with E-state index >= 15 is 0 Å². The molecule has 0 spiro atoms. The van der Waals surface area contributed by atoms with Gasteiger partial charge in [-0.05, 0) is 6.92 Å². The number of carbonyl (C=O) groups excluding carboxylic acids is 3. The van der Waals surface area contributed by atoms with Gasteiger partial charge in [0.1, 0.15) is 36.3 Å². The molecule has 3 rings (SSSR count). The molecule has 306 valence electrons. The van der Waals surface area contributed by atoms with E-state index in [2.05, 4.69) is 29.9 Å². The van der Waals surface area contributed by atoms with Crippen LogP contribution >= 0.6 is 35.2 Å². The normalized spacial score (nSPS) is 23.4. The standard InChI is InChI=1S/C25H42N7O18P3S/c1-24(2,20(37)23(38)28-6-4-15(34)27-7-9-54-16(35)5-8-33)11-47-53(44,45)50-52(42,43)46-10-14-18(49-51(39,40)41)19(36)25(3,48-14)32-13-31-17-21(26)29-12-30-22(17)32/h12-14,18-20,33,36-37H,4-11H2,1-3H3,(H,27,34)(H,28,38)(H,42,43)(H,44,45)(H2,26,29,30)(H2,39,40,41). The van der Waals surface area contributed by atoms with Crippen molar-refractivity contribution in [1.82, 2.24) is 30.2 Å². The van der Waals surface area contributed by atoms with Crippen molar-refractivity contribution in [3.63, 3.8) is 0 Å². The van der Waals surface area contributed by atoms with Crippen LogP contribution in [0.2, 0.25) is 0 Å². The topological polar surface area (TPSA) is 384 Å². The Hall–Kier alpha value is -2.48. The minimum absolute atomic E-state index is 0.0141. The highest BCUT2D eigenvalue weighted by Gasteiger charge is 2.57. The molecule has 11 N–H and O–H groups in total. The minimum Gasteiger partial charge on any atom is -0.396 e. The summed E-state index contributed by atoms with van der Waals surface area (Å²) >= 11 is 0.935. The number of carbonyl (C=O) groups is 3. The van der Waals surface area contributed by atoms with Gasteiger partial charge < -0.3 is 56.0 Å². The van der Waals surface area contributed by atoms with Crippen LogP contribution in [0, 0.1) is 5.41 Å². The molecule has 0 aliphatic carbocycles. The molecule has 1 aliphatic rings. The highest BCUT2D eigenvalue weighted by molar-refractivity contribution is 8.13. The molecule has 2 aromatic rings. The van der Waals surface area contributed by atoms with E-state index in [4.69, 9.17) is 29.1 Å². The summed E-state index contributed by atoms with van der Waals surface area (Å²) in [4.78, 5) is 87.0. The number of nitrogens with zero attached hydrogens (tertiary/aromatic N) is 4. The average Bonchev–Trinajstić information content (AvgIpc) is 3.60. The maximum atomic E-state index is 12.7. The second-order valence-corrected chi connectivity index (χ2v) is 17.7. The molecule has 54 heavy (non-hydrogen) atoms. The monoisotopic (exact) mass is 853 g/mol. The van der Waals surface area contributed by atoms with Crippen molar-refractivity contribution < 1.29 is 85.6 Å². The highest BCUT2D eigenvalue weighted by atomic mass is 32.2. The molecule has 25 nitrogen and oxygen atoms in total. The van der Waals surface area contributed by atoms with Crippen LogP contribution in [0.3, 0.4) is 0 Å². The summed E-state index contributed by atoms with van der Waals surface area (Å²) in [6.07, 6.45) is -5.57. The first-order valence-electron chi connectivity index (χ1n) is 15.6. The zero-order valence-electron chi connectivity index (χ0n) is 28.9.